The van der Waals surface area contributed by atoms with Gasteiger partial charge in [-0.3, -0.25) is 4.79 Å². The van der Waals surface area contributed by atoms with Gasteiger partial charge < -0.3 is 14.8 Å². The van der Waals surface area contributed by atoms with Gasteiger partial charge in [0.15, 0.2) is 0 Å². The lowest BCUT2D eigenvalue weighted by molar-refractivity contribution is -0.143. The van der Waals surface area contributed by atoms with Crippen LogP contribution in [0.15, 0.2) is 18.2 Å². The molecule has 1 unspecified atom stereocenters. The number of aryl methyl sites for hydroxylation is 2. The lowest BCUT2D eigenvalue weighted by atomic mass is 9.97. The number of hydrogen-bond donors (Lipinski definition) is 1. The highest BCUT2D eigenvalue weighted by Crippen LogP contribution is 2.14. The first kappa shape index (κ1) is 17.7. The number of carbonyl (C=O) groups excluding carboxylic acids is 1. The zero-order valence-electron chi connectivity index (χ0n) is 13.6. The van der Waals surface area contributed by atoms with Gasteiger partial charge in [0.05, 0.1) is 19.6 Å². The third-order valence-corrected chi connectivity index (χ3v) is 3.42. The molecular formula is C17H27NO3. The maximum absolute atomic E-state index is 11.7. The Labute approximate surface area is 127 Å². The fraction of sp³-hybridized carbons (Fsp3) is 0.588. The number of nitrogens with one attached hydrogen (secondary N) is 1. The summed E-state index contributed by atoms with van der Waals surface area (Å²) >= 11 is 0. The van der Waals surface area contributed by atoms with Gasteiger partial charge in [-0.25, -0.2) is 0 Å². The molecule has 0 heterocycles. The molecule has 1 N–H and O–H groups in total. The van der Waals surface area contributed by atoms with E-state index in [-0.39, 0.29) is 12.0 Å². The predicted octanol–water partition coefficient (Wildman–Crippen LogP) is 2.40. The van der Waals surface area contributed by atoms with E-state index in [1.807, 2.05) is 6.92 Å². The molecule has 0 spiro atoms. The van der Waals surface area contributed by atoms with Gasteiger partial charge in [0.2, 0.25) is 0 Å². The molecule has 0 saturated carbocycles. The second-order valence-corrected chi connectivity index (χ2v) is 5.29. The van der Waals surface area contributed by atoms with Crippen LogP contribution in [0, 0.1) is 13.8 Å². The molecule has 0 aliphatic rings. The van der Waals surface area contributed by atoms with Crippen LogP contribution in [0.3, 0.4) is 0 Å². The third kappa shape index (κ3) is 6.74. The van der Waals surface area contributed by atoms with Gasteiger partial charge >= 0.3 is 5.97 Å². The topological polar surface area (TPSA) is 47.6 Å². The summed E-state index contributed by atoms with van der Waals surface area (Å²) in [5, 5.41) is 3.37. The molecule has 0 bridgehead atoms. The number of ether oxygens (including phenoxy) is 2. The van der Waals surface area contributed by atoms with E-state index in [1.165, 1.54) is 16.7 Å². The fourth-order valence-corrected chi connectivity index (χ4v) is 2.34. The van der Waals surface area contributed by atoms with Crippen LogP contribution in [0.5, 0.6) is 0 Å². The van der Waals surface area contributed by atoms with Crippen molar-refractivity contribution >= 4 is 5.97 Å². The summed E-state index contributed by atoms with van der Waals surface area (Å²) in [6.45, 7) is 7.81. The van der Waals surface area contributed by atoms with Gasteiger partial charge in [-0.2, -0.15) is 0 Å². The van der Waals surface area contributed by atoms with E-state index >= 15 is 0 Å². The maximum Gasteiger partial charge on any atom is 0.307 e. The standard InChI is InChI=1S/C17H27NO3/c1-5-21-17(19)12-16(18-8-9-20-4)11-15-7-6-13(2)10-14(15)3/h6-7,10,16,18H,5,8-9,11-12H2,1-4H3. The minimum absolute atomic E-state index is 0.0700. The van der Waals surface area contributed by atoms with Crippen molar-refractivity contribution < 1.29 is 14.3 Å². The highest BCUT2D eigenvalue weighted by atomic mass is 16.5. The zero-order chi connectivity index (χ0) is 15.7. The molecule has 118 valence electrons. The summed E-state index contributed by atoms with van der Waals surface area (Å²) in [7, 11) is 1.67. The van der Waals surface area contributed by atoms with E-state index in [2.05, 4.69) is 37.4 Å². The van der Waals surface area contributed by atoms with Crippen LogP contribution in [-0.4, -0.2) is 38.9 Å². The van der Waals surface area contributed by atoms with Gasteiger partial charge in [0.1, 0.15) is 0 Å². The molecule has 0 saturated heterocycles. The Bertz CT molecular complexity index is 446. The maximum atomic E-state index is 11.7. The predicted molar refractivity (Wildman–Crippen MR) is 84.5 cm³/mol. The third-order valence-electron chi connectivity index (χ3n) is 3.42. The Balaban J connectivity index is 2.68. The monoisotopic (exact) mass is 293 g/mol. The Morgan fingerprint density at radius 2 is 2.10 bits per heavy atom. The van der Waals surface area contributed by atoms with Gasteiger partial charge in [-0.15, -0.1) is 0 Å². The Hall–Kier alpha value is -1.39. The number of rotatable bonds is 9. The molecule has 0 amide bonds. The van der Waals surface area contributed by atoms with E-state index in [0.29, 0.717) is 19.6 Å². The first-order valence-electron chi connectivity index (χ1n) is 7.50. The van der Waals surface area contributed by atoms with Crippen LogP contribution in [0.1, 0.15) is 30.0 Å². The van der Waals surface area contributed by atoms with Crippen molar-refractivity contribution in [1.29, 1.82) is 0 Å². The molecular weight excluding hydrogens is 266 g/mol. The van der Waals surface area contributed by atoms with Crippen molar-refractivity contribution in [2.24, 2.45) is 0 Å². The van der Waals surface area contributed by atoms with Crippen molar-refractivity contribution in [3.63, 3.8) is 0 Å². The second kappa shape index (κ2) is 9.53. The molecule has 0 aliphatic carbocycles. The Morgan fingerprint density at radius 3 is 2.71 bits per heavy atom. The molecule has 0 radical (unpaired) electrons. The summed E-state index contributed by atoms with van der Waals surface area (Å²) in [4.78, 5) is 11.7. The summed E-state index contributed by atoms with van der Waals surface area (Å²) in [5.74, 6) is -0.155. The molecule has 1 aromatic rings. The zero-order valence-corrected chi connectivity index (χ0v) is 13.6. The summed E-state index contributed by atoms with van der Waals surface area (Å²) < 4.78 is 10.1. The van der Waals surface area contributed by atoms with Gasteiger partial charge in [0, 0.05) is 19.7 Å². The smallest absolute Gasteiger partial charge is 0.307 e. The minimum atomic E-state index is -0.155. The van der Waals surface area contributed by atoms with Gasteiger partial charge in [0.25, 0.3) is 0 Å². The Morgan fingerprint density at radius 1 is 1.33 bits per heavy atom. The second-order valence-electron chi connectivity index (χ2n) is 5.29. The molecule has 4 nitrogen and oxygen atoms in total. The van der Waals surface area contributed by atoms with Crippen LogP contribution in [-0.2, 0) is 20.7 Å². The average molecular weight is 293 g/mol. The quantitative estimate of drug-likeness (QED) is 0.561. The van der Waals surface area contributed by atoms with Crippen LogP contribution in [0.25, 0.3) is 0 Å². The fourth-order valence-electron chi connectivity index (χ4n) is 2.34. The van der Waals surface area contributed by atoms with Crippen molar-refractivity contribution in [3.8, 4) is 0 Å². The molecule has 1 atom stereocenters. The van der Waals surface area contributed by atoms with Crippen molar-refractivity contribution in [3.05, 3.63) is 34.9 Å². The molecule has 0 aromatic heterocycles. The number of carbonyl (C=O) groups is 1. The number of esters is 1. The first-order valence-corrected chi connectivity index (χ1v) is 7.50. The van der Waals surface area contributed by atoms with E-state index in [1.54, 1.807) is 7.11 Å². The first-order chi connectivity index (χ1) is 10.1. The minimum Gasteiger partial charge on any atom is -0.466 e. The van der Waals surface area contributed by atoms with Crippen LogP contribution < -0.4 is 5.32 Å². The molecule has 1 aromatic carbocycles. The SMILES string of the molecule is CCOC(=O)CC(Cc1ccc(C)cc1C)NCCOC. The average Bonchev–Trinajstić information content (AvgIpc) is 2.42. The number of benzene rings is 1. The summed E-state index contributed by atoms with van der Waals surface area (Å²) in [6, 6.07) is 6.49. The molecule has 4 heteroatoms. The molecule has 0 fully saturated rings. The normalized spacial score (nSPS) is 12.2. The van der Waals surface area contributed by atoms with Crippen molar-refractivity contribution in [2.45, 2.75) is 39.7 Å². The van der Waals surface area contributed by atoms with Gasteiger partial charge in [-0.1, -0.05) is 23.8 Å². The summed E-state index contributed by atoms with van der Waals surface area (Å²) in [5.41, 5.74) is 3.78. The lowest BCUT2D eigenvalue weighted by Gasteiger charge is -2.19. The van der Waals surface area contributed by atoms with Gasteiger partial charge in [-0.05, 0) is 38.3 Å². The largest absolute Gasteiger partial charge is 0.466 e. The highest BCUT2D eigenvalue weighted by molar-refractivity contribution is 5.70. The van der Waals surface area contributed by atoms with E-state index in [9.17, 15) is 4.79 Å². The van der Waals surface area contributed by atoms with Crippen LogP contribution >= 0.6 is 0 Å². The van der Waals surface area contributed by atoms with E-state index in [4.69, 9.17) is 9.47 Å². The van der Waals surface area contributed by atoms with E-state index in [0.717, 1.165) is 13.0 Å². The number of hydrogen-bond acceptors (Lipinski definition) is 4. The molecule has 1 rings (SSSR count). The Kier molecular flexibility index (Phi) is 8.01. The summed E-state index contributed by atoms with van der Waals surface area (Å²) in [6.07, 6.45) is 1.19. The van der Waals surface area contributed by atoms with Crippen molar-refractivity contribution in [2.75, 3.05) is 26.9 Å². The number of methoxy groups -OCH3 is 1. The molecule has 21 heavy (non-hydrogen) atoms. The van der Waals surface area contributed by atoms with E-state index < -0.39 is 0 Å². The van der Waals surface area contributed by atoms with Crippen LogP contribution in [0.2, 0.25) is 0 Å². The molecule has 0 aliphatic heterocycles. The van der Waals surface area contributed by atoms with Crippen molar-refractivity contribution in [1.82, 2.24) is 5.32 Å². The highest BCUT2D eigenvalue weighted by Gasteiger charge is 2.15. The van der Waals surface area contributed by atoms with Crippen LogP contribution in [0.4, 0.5) is 0 Å². The lowest BCUT2D eigenvalue weighted by Crippen LogP contribution is -2.36.